The molecule has 1 aliphatic rings. The predicted molar refractivity (Wildman–Crippen MR) is 64.7 cm³/mol. The summed E-state index contributed by atoms with van der Waals surface area (Å²) in [5.74, 6) is 0. The summed E-state index contributed by atoms with van der Waals surface area (Å²) in [6.45, 7) is 4.39. The van der Waals surface area contributed by atoms with E-state index in [1.165, 1.54) is 29.4 Å². The van der Waals surface area contributed by atoms with Gasteiger partial charge in [-0.2, -0.15) is 0 Å². The number of H-pyrrole nitrogens is 1. The van der Waals surface area contributed by atoms with E-state index in [1.807, 2.05) is 0 Å². The molecule has 3 rings (SSSR count). The van der Waals surface area contributed by atoms with Crippen LogP contribution in [0.3, 0.4) is 0 Å². The molecular formula is C12H14N2S. The van der Waals surface area contributed by atoms with E-state index in [1.54, 1.807) is 0 Å². The van der Waals surface area contributed by atoms with Crippen LogP contribution >= 0.6 is 12.2 Å². The van der Waals surface area contributed by atoms with E-state index in [9.17, 15) is 0 Å². The van der Waals surface area contributed by atoms with Gasteiger partial charge in [-0.25, -0.2) is 0 Å². The third-order valence-corrected chi connectivity index (χ3v) is 3.72. The molecule has 1 N–H and O–H groups in total. The summed E-state index contributed by atoms with van der Waals surface area (Å²) in [7, 11) is 0. The lowest BCUT2D eigenvalue weighted by Crippen LogP contribution is -2.11. The lowest BCUT2D eigenvalue weighted by Gasteiger charge is -2.11. The van der Waals surface area contributed by atoms with Crippen LogP contribution in [0.25, 0.3) is 11.0 Å². The van der Waals surface area contributed by atoms with E-state index in [2.05, 4.69) is 41.6 Å². The van der Waals surface area contributed by atoms with E-state index in [4.69, 9.17) is 12.2 Å². The second-order valence-electron chi connectivity index (χ2n) is 4.73. The number of nitrogens with one attached hydrogen (secondary N) is 1. The average molecular weight is 218 g/mol. The van der Waals surface area contributed by atoms with Crippen LogP contribution in [0.5, 0.6) is 0 Å². The number of rotatable bonds is 1. The van der Waals surface area contributed by atoms with Gasteiger partial charge in [0.15, 0.2) is 4.77 Å². The molecule has 0 radical (unpaired) electrons. The third kappa shape index (κ3) is 1.19. The number of para-hydroxylation sites is 1. The first kappa shape index (κ1) is 9.16. The zero-order chi connectivity index (χ0) is 10.6. The topological polar surface area (TPSA) is 20.7 Å². The first-order valence-corrected chi connectivity index (χ1v) is 5.73. The van der Waals surface area contributed by atoms with Crippen molar-refractivity contribution >= 4 is 23.3 Å². The molecule has 0 spiro atoms. The summed E-state index contributed by atoms with van der Waals surface area (Å²) >= 11 is 5.41. The minimum Gasteiger partial charge on any atom is -0.330 e. The van der Waals surface area contributed by atoms with E-state index >= 15 is 0 Å². The Balaban J connectivity index is 2.43. The summed E-state index contributed by atoms with van der Waals surface area (Å²) in [6.07, 6.45) is 2.48. The maximum absolute atomic E-state index is 5.41. The summed E-state index contributed by atoms with van der Waals surface area (Å²) in [5.41, 5.74) is 3.97. The van der Waals surface area contributed by atoms with Gasteiger partial charge in [-0.05, 0) is 50.5 Å². The number of aromatic nitrogens is 2. The Bertz CT molecular complexity index is 587. The number of hydrogen-bond acceptors (Lipinski definition) is 1. The van der Waals surface area contributed by atoms with E-state index in [0.717, 1.165) is 4.77 Å². The van der Waals surface area contributed by atoms with Crippen LogP contribution in [0.2, 0.25) is 0 Å². The number of aromatic amines is 1. The summed E-state index contributed by atoms with van der Waals surface area (Å²) in [4.78, 5) is 3.32. The van der Waals surface area contributed by atoms with Gasteiger partial charge >= 0.3 is 0 Å². The summed E-state index contributed by atoms with van der Waals surface area (Å²) in [6, 6.07) is 6.37. The molecule has 1 aliphatic carbocycles. The Morgan fingerprint density at radius 2 is 2.13 bits per heavy atom. The van der Waals surface area contributed by atoms with E-state index < -0.39 is 0 Å². The SMILES string of the molecule is Cc1cccc2c1[nH]c(=S)n2C1(C)CC1. The van der Waals surface area contributed by atoms with Gasteiger partial charge in [0.25, 0.3) is 0 Å². The molecule has 78 valence electrons. The van der Waals surface area contributed by atoms with Gasteiger partial charge in [0.05, 0.1) is 11.0 Å². The van der Waals surface area contributed by atoms with Crippen LogP contribution in [0.15, 0.2) is 18.2 Å². The van der Waals surface area contributed by atoms with Crippen molar-refractivity contribution in [3.63, 3.8) is 0 Å². The number of aryl methyl sites for hydroxylation is 1. The smallest absolute Gasteiger partial charge is 0.178 e. The second-order valence-corrected chi connectivity index (χ2v) is 5.12. The molecule has 1 heterocycles. The lowest BCUT2D eigenvalue weighted by molar-refractivity contribution is 0.541. The highest BCUT2D eigenvalue weighted by atomic mass is 32.1. The van der Waals surface area contributed by atoms with Crippen molar-refractivity contribution < 1.29 is 0 Å². The standard InChI is InChI=1S/C12H14N2S/c1-8-4-3-5-9-10(8)13-11(15)14(9)12(2)6-7-12/h3-5H,6-7H2,1-2H3,(H,13,15). The normalized spacial score (nSPS) is 18.3. The molecule has 1 aromatic heterocycles. The van der Waals surface area contributed by atoms with Crippen molar-refractivity contribution in [1.29, 1.82) is 0 Å². The maximum Gasteiger partial charge on any atom is 0.178 e. The molecule has 0 unspecified atom stereocenters. The monoisotopic (exact) mass is 218 g/mol. The van der Waals surface area contributed by atoms with Crippen molar-refractivity contribution in [3.05, 3.63) is 28.5 Å². The molecule has 1 fully saturated rings. The first-order chi connectivity index (χ1) is 7.12. The number of benzene rings is 1. The highest BCUT2D eigenvalue weighted by Gasteiger charge is 2.40. The van der Waals surface area contributed by atoms with Gasteiger partial charge in [-0.3, -0.25) is 0 Å². The fourth-order valence-electron chi connectivity index (χ4n) is 2.21. The molecule has 2 nitrogen and oxygen atoms in total. The molecule has 0 bridgehead atoms. The quantitative estimate of drug-likeness (QED) is 0.726. The Hall–Kier alpha value is -1.09. The molecule has 0 aliphatic heterocycles. The second kappa shape index (κ2) is 2.73. The van der Waals surface area contributed by atoms with Crippen LogP contribution in [0.1, 0.15) is 25.3 Å². The zero-order valence-corrected chi connectivity index (χ0v) is 9.82. The largest absolute Gasteiger partial charge is 0.330 e. The zero-order valence-electron chi connectivity index (χ0n) is 9.00. The average Bonchev–Trinajstić information content (AvgIpc) is 2.80. The number of imidazole rings is 1. The molecule has 0 saturated heterocycles. The Morgan fingerprint density at radius 1 is 1.40 bits per heavy atom. The van der Waals surface area contributed by atoms with Crippen LogP contribution in [0.4, 0.5) is 0 Å². The van der Waals surface area contributed by atoms with Crippen LogP contribution < -0.4 is 0 Å². The van der Waals surface area contributed by atoms with Gasteiger partial charge in [-0.1, -0.05) is 12.1 Å². The highest BCUT2D eigenvalue weighted by Crippen LogP contribution is 2.44. The number of hydrogen-bond donors (Lipinski definition) is 1. The Morgan fingerprint density at radius 3 is 2.80 bits per heavy atom. The van der Waals surface area contributed by atoms with E-state index in [-0.39, 0.29) is 5.54 Å². The fraction of sp³-hybridized carbons (Fsp3) is 0.417. The third-order valence-electron chi connectivity index (χ3n) is 3.44. The molecule has 2 aromatic rings. The highest BCUT2D eigenvalue weighted by molar-refractivity contribution is 7.71. The summed E-state index contributed by atoms with van der Waals surface area (Å²) < 4.78 is 3.14. The Kier molecular flexibility index (Phi) is 1.67. The lowest BCUT2D eigenvalue weighted by atomic mass is 10.2. The molecule has 1 saturated carbocycles. The minimum atomic E-state index is 0.267. The number of fused-ring (bicyclic) bond motifs is 1. The first-order valence-electron chi connectivity index (χ1n) is 5.33. The van der Waals surface area contributed by atoms with Crippen LogP contribution in [0, 0.1) is 11.7 Å². The van der Waals surface area contributed by atoms with Crippen LogP contribution in [-0.2, 0) is 5.54 Å². The Labute approximate surface area is 93.9 Å². The van der Waals surface area contributed by atoms with Crippen LogP contribution in [-0.4, -0.2) is 9.55 Å². The molecule has 1 aromatic carbocycles. The van der Waals surface area contributed by atoms with E-state index in [0.29, 0.717) is 0 Å². The van der Waals surface area contributed by atoms with Gasteiger partial charge < -0.3 is 9.55 Å². The van der Waals surface area contributed by atoms with Crippen molar-refractivity contribution in [2.24, 2.45) is 0 Å². The molecule has 0 atom stereocenters. The maximum atomic E-state index is 5.41. The minimum absolute atomic E-state index is 0.267. The molecule has 3 heteroatoms. The fourth-order valence-corrected chi connectivity index (χ4v) is 2.63. The molecule has 15 heavy (non-hydrogen) atoms. The molecule has 0 amide bonds. The van der Waals surface area contributed by atoms with Crippen molar-refractivity contribution in [3.8, 4) is 0 Å². The van der Waals surface area contributed by atoms with Crippen molar-refractivity contribution in [2.45, 2.75) is 32.2 Å². The number of nitrogens with zero attached hydrogens (tertiary/aromatic N) is 1. The van der Waals surface area contributed by atoms with Crippen molar-refractivity contribution in [2.75, 3.05) is 0 Å². The predicted octanol–water partition coefficient (Wildman–Crippen LogP) is 3.52. The van der Waals surface area contributed by atoms with Crippen molar-refractivity contribution in [1.82, 2.24) is 9.55 Å². The van der Waals surface area contributed by atoms with Gasteiger partial charge in [-0.15, -0.1) is 0 Å². The van der Waals surface area contributed by atoms with Gasteiger partial charge in [0.2, 0.25) is 0 Å². The van der Waals surface area contributed by atoms with Gasteiger partial charge in [0, 0.05) is 5.54 Å². The summed E-state index contributed by atoms with van der Waals surface area (Å²) in [5, 5.41) is 0. The van der Waals surface area contributed by atoms with Gasteiger partial charge in [0.1, 0.15) is 0 Å². The molecular weight excluding hydrogens is 204 g/mol.